The number of carbonyl (C=O) groups is 2. The average Bonchev–Trinajstić information content (AvgIpc) is 2.37. The minimum Gasteiger partial charge on any atom is -0.469 e. The predicted octanol–water partition coefficient (Wildman–Crippen LogP) is 1.99. The summed E-state index contributed by atoms with van der Waals surface area (Å²) in [6, 6.07) is 5.66. The summed E-state index contributed by atoms with van der Waals surface area (Å²) in [7, 11) is 2.70. The number of methoxy groups -OCH3 is 2. The SMILES string of the molecule is COC(=O)Cc1cc(C)ccc1C(C)C(=O)OC. The fraction of sp³-hybridized carbons (Fsp3) is 0.429. The molecule has 0 bridgehead atoms. The van der Waals surface area contributed by atoms with Gasteiger partial charge in [-0.25, -0.2) is 0 Å². The Hall–Kier alpha value is -1.84. The van der Waals surface area contributed by atoms with Crippen LogP contribution in [0, 0.1) is 6.92 Å². The maximum Gasteiger partial charge on any atom is 0.312 e. The molecule has 1 rings (SSSR count). The summed E-state index contributed by atoms with van der Waals surface area (Å²) in [5, 5.41) is 0. The molecule has 0 N–H and O–H groups in total. The van der Waals surface area contributed by atoms with Crippen LogP contribution in [0.5, 0.6) is 0 Å². The van der Waals surface area contributed by atoms with Crippen molar-refractivity contribution in [3.05, 3.63) is 34.9 Å². The largest absolute Gasteiger partial charge is 0.469 e. The van der Waals surface area contributed by atoms with Crippen molar-refractivity contribution >= 4 is 11.9 Å². The van der Waals surface area contributed by atoms with Gasteiger partial charge < -0.3 is 9.47 Å². The Labute approximate surface area is 107 Å². The number of hydrogen-bond acceptors (Lipinski definition) is 4. The van der Waals surface area contributed by atoms with Crippen LogP contribution >= 0.6 is 0 Å². The molecule has 1 atom stereocenters. The molecule has 1 aromatic carbocycles. The van der Waals surface area contributed by atoms with E-state index in [2.05, 4.69) is 4.74 Å². The Morgan fingerprint density at radius 2 is 1.89 bits per heavy atom. The Bertz CT molecular complexity index is 451. The van der Waals surface area contributed by atoms with Gasteiger partial charge in [0.15, 0.2) is 0 Å². The van der Waals surface area contributed by atoms with Crippen LogP contribution in [0.1, 0.15) is 29.5 Å². The van der Waals surface area contributed by atoms with Crippen molar-refractivity contribution in [2.45, 2.75) is 26.2 Å². The van der Waals surface area contributed by atoms with E-state index in [1.165, 1.54) is 14.2 Å². The highest BCUT2D eigenvalue weighted by Crippen LogP contribution is 2.23. The van der Waals surface area contributed by atoms with Gasteiger partial charge in [-0.3, -0.25) is 9.59 Å². The van der Waals surface area contributed by atoms with Crippen LogP contribution in [0.4, 0.5) is 0 Å². The lowest BCUT2D eigenvalue weighted by Gasteiger charge is -2.15. The van der Waals surface area contributed by atoms with E-state index in [0.717, 1.165) is 16.7 Å². The zero-order valence-corrected chi connectivity index (χ0v) is 11.1. The first kappa shape index (κ1) is 14.2. The molecule has 4 nitrogen and oxygen atoms in total. The lowest BCUT2D eigenvalue weighted by atomic mass is 9.92. The van der Waals surface area contributed by atoms with Gasteiger partial charge in [-0.2, -0.15) is 0 Å². The van der Waals surface area contributed by atoms with Crippen molar-refractivity contribution in [2.75, 3.05) is 14.2 Å². The van der Waals surface area contributed by atoms with Crippen LogP contribution in [0.3, 0.4) is 0 Å². The van der Waals surface area contributed by atoms with E-state index in [1.54, 1.807) is 6.92 Å². The van der Waals surface area contributed by atoms with E-state index in [-0.39, 0.29) is 18.4 Å². The van der Waals surface area contributed by atoms with Crippen LogP contribution in [-0.4, -0.2) is 26.2 Å². The molecule has 0 fully saturated rings. The zero-order valence-electron chi connectivity index (χ0n) is 11.1. The maximum absolute atomic E-state index is 11.6. The highest BCUT2D eigenvalue weighted by molar-refractivity contribution is 5.79. The molecule has 4 heteroatoms. The molecule has 0 amide bonds. The number of rotatable bonds is 4. The molecule has 0 saturated carbocycles. The average molecular weight is 250 g/mol. The van der Waals surface area contributed by atoms with Crippen molar-refractivity contribution in [2.24, 2.45) is 0 Å². The van der Waals surface area contributed by atoms with Gasteiger partial charge >= 0.3 is 11.9 Å². The summed E-state index contributed by atoms with van der Waals surface area (Å²) in [4.78, 5) is 22.9. The third-order valence-corrected chi connectivity index (χ3v) is 2.88. The number of aryl methyl sites for hydroxylation is 1. The number of hydrogen-bond donors (Lipinski definition) is 0. The van der Waals surface area contributed by atoms with Gasteiger partial charge in [0.05, 0.1) is 26.6 Å². The van der Waals surface area contributed by atoms with Gasteiger partial charge in [0.25, 0.3) is 0 Å². The quantitative estimate of drug-likeness (QED) is 0.767. The highest BCUT2D eigenvalue weighted by Gasteiger charge is 2.20. The van der Waals surface area contributed by atoms with Crippen molar-refractivity contribution in [3.63, 3.8) is 0 Å². The van der Waals surface area contributed by atoms with Gasteiger partial charge in [-0.05, 0) is 25.0 Å². The van der Waals surface area contributed by atoms with E-state index in [1.807, 2.05) is 25.1 Å². The maximum atomic E-state index is 11.6. The standard InChI is InChI=1S/C14H18O4/c1-9-5-6-12(10(2)14(16)18-4)11(7-9)8-13(15)17-3/h5-7,10H,8H2,1-4H3. The fourth-order valence-corrected chi connectivity index (χ4v) is 1.84. The second-order valence-electron chi connectivity index (χ2n) is 4.20. The van der Waals surface area contributed by atoms with Gasteiger partial charge in [0.1, 0.15) is 0 Å². The summed E-state index contributed by atoms with van der Waals surface area (Å²) < 4.78 is 9.39. The highest BCUT2D eigenvalue weighted by atomic mass is 16.5. The van der Waals surface area contributed by atoms with Gasteiger partial charge in [-0.15, -0.1) is 0 Å². The Morgan fingerprint density at radius 3 is 2.44 bits per heavy atom. The third-order valence-electron chi connectivity index (χ3n) is 2.88. The number of ether oxygens (including phenoxy) is 2. The first-order valence-corrected chi connectivity index (χ1v) is 5.73. The molecular weight excluding hydrogens is 232 g/mol. The minimum absolute atomic E-state index is 0.162. The van der Waals surface area contributed by atoms with Gasteiger partial charge in [0, 0.05) is 0 Å². The van der Waals surface area contributed by atoms with Crippen LogP contribution < -0.4 is 0 Å². The van der Waals surface area contributed by atoms with E-state index >= 15 is 0 Å². The van der Waals surface area contributed by atoms with E-state index < -0.39 is 5.92 Å². The number of benzene rings is 1. The molecule has 1 unspecified atom stereocenters. The fourth-order valence-electron chi connectivity index (χ4n) is 1.84. The summed E-state index contributed by atoms with van der Waals surface area (Å²) in [6.07, 6.45) is 0.162. The molecule has 98 valence electrons. The topological polar surface area (TPSA) is 52.6 Å². The van der Waals surface area contributed by atoms with Crippen LogP contribution in [0.15, 0.2) is 18.2 Å². The first-order valence-electron chi connectivity index (χ1n) is 5.73. The normalized spacial score (nSPS) is 11.8. The summed E-state index contributed by atoms with van der Waals surface area (Å²) in [6.45, 7) is 3.70. The molecule has 0 aliphatic carbocycles. The first-order chi connectivity index (χ1) is 8.49. The van der Waals surface area contributed by atoms with Crippen molar-refractivity contribution < 1.29 is 19.1 Å². The Morgan fingerprint density at radius 1 is 1.22 bits per heavy atom. The second-order valence-corrected chi connectivity index (χ2v) is 4.20. The monoisotopic (exact) mass is 250 g/mol. The van der Waals surface area contributed by atoms with E-state index in [4.69, 9.17) is 4.74 Å². The lowest BCUT2D eigenvalue weighted by Crippen LogP contribution is -2.15. The number of esters is 2. The molecule has 0 saturated heterocycles. The second kappa shape index (κ2) is 6.19. The molecule has 1 aromatic rings. The number of carbonyl (C=O) groups excluding carboxylic acids is 2. The van der Waals surface area contributed by atoms with Crippen LogP contribution in [0.2, 0.25) is 0 Å². The van der Waals surface area contributed by atoms with Crippen molar-refractivity contribution in [1.29, 1.82) is 0 Å². The molecule has 0 radical (unpaired) electrons. The molecule has 0 aliphatic heterocycles. The molecule has 0 heterocycles. The van der Waals surface area contributed by atoms with E-state index in [0.29, 0.717) is 0 Å². The Balaban J connectivity index is 3.10. The molecular formula is C14H18O4. The molecule has 0 aromatic heterocycles. The van der Waals surface area contributed by atoms with Crippen molar-refractivity contribution in [3.8, 4) is 0 Å². The zero-order chi connectivity index (χ0) is 13.7. The van der Waals surface area contributed by atoms with Crippen LogP contribution in [-0.2, 0) is 25.5 Å². The lowest BCUT2D eigenvalue weighted by molar-refractivity contribution is -0.142. The van der Waals surface area contributed by atoms with E-state index in [9.17, 15) is 9.59 Å². The van der Waals surface area contributed by atoms with Gasteiger partial charge in [-0.1, -0.05) is 23.8 Å². The minimum atomic E-state index is -0.393. The summed E-state index contributed by atoms with van der Waals surface area (Å²) in [5.74, 6) is -1.03. The summed E-state index contributed by atoms with van der Waals surface area (Å²) in [5.41, 5.74) is 2.65. The van der Waals surface area contributed by atoms with Crippen molar-refractivity contribution in [1.82, 2.24) is 0 Å². The predicted molar refractivity (Wildman–Crippen MR) is 67.3 cm³/mol. The third kappa shape index (κ3) is 3.32. The molecule has 18 heavy (non-hydrogen) atoms. The van der Waals surface area contributed by atoms with Gasteiger partial charge in [0.2, 0.25) is 0 Å². The smallest absolute Gasteiger partial charge is 0.312 e. The molecule has 0 spiro atoms. The van der Waals surface area contributed by atoms with Crippen LogP contribution in [0.25, 0.3) is 0 Å². The molecule has 0 aliphatic rings. The summed E-state index contributed by atoms with van der Waals surface area (Å²) >= 11 is 0. The Kier molecular flexibility index (Phi) is 4.89.